The Morgan fingerprint density at radius 2 is 1.14 bits per heavy atom. The summed E-state index contributed by atoms with van der Waals surface area (Å²) in [6.07, 6.45) is 0. The van der Waals surface area contributed by atoms with Crippen LogP contribution < -0.4 is 0 Å². The SMILES string of the molecule is S=c1ssc2c1Sc1c(ssc1=S)S2. The van der Waals surface area contributed by atoms with Crippen LogP contribution in [-0.2, 0) is 0 Å². The zero-order chi connectivity index (χ0) is 9.71. The molecule has 3 heterocycles. The van der Waals surface area contributed by atoms with Crippen LogP contribution in [0.25, 0.3) is 0 Å². The molecule has 0 unspecified atom stereocenters. The molecule has 0 saturated heterocycles. The van der Waals surface area contributed by atoms with Gasteiger partial charge in [-0.15, -0.1) is 0 Å². The topological polar surface area (TPSA) is 0 Å². The number of hydrogen-bond acceptors (Lipinski definition) is 8. The van der Waals surface area contributed by atoms with Crippen LogP contribution in [-0.4, -0.2) is 0 Å². The molecule has 72 valence electrons. The van der Waals surface area contributed by atoms with Crippen molar-refractivity contribution in [2.75, 3.05) is 0 Å². The predicted molar refractivity (Wildman–Crippen MR) is 74.3 cm³/mol. The average molecular weight is 329 g/mol. The van der Waals surface area contributed by atoms with Gasteiger partial charge < -0.3 is 0 Å². The van der Waals surface area contributed by atoms with Gasteiger partial charge in [0.1, 0.15) is 7.65 Å². The van der Waals surface area contributed by atoms with Gasteiger partial charge in [0, 0.05) is 0 Å². The lowest BCUT2D eigenvalue weighted by atomic mass is 10.8. The van der Waals surface area contributed by atoms with Crippen LogP contribution in [0.1, 0.15) is 0 Å². The summed E-state index contributed by atoms with van der Waals surface area (Å²) >= 11 is 14.2. The van der Waals surface area contributed by atoms with E-state index in [4.69, 9.17) is 24.4 Å². The highest BCUT2D eigenvalue weighted by Gasteiger charge is 2.23. The molecular weight excluding hydrogens is 329 g/mol. The second kappa shape index (κ2) is 3.92. The summed E-state index contributed by atoms with van der Waals surface area (Å²) in [4.78, 5) is 2.51. The Hall–Kier alpha value is 1.24. The first kappa shape index (κ1) is 10.4. The molecule has 3 rings (SSSR count). The van der Waals surface area contributed by atoms with Gasteiger partial charge in [0.05, 0.1) is 18.2 Å². The van der Waals surface area contributed by atoms with Crippen LogP contribution in [0.2, 0.25) is 0 Å². The number of fused-ring (bicyclic) bond motifs is 2. The van der Waals surface area contributed by atoms with E-state index >= 15 is 0 Å². The Labute approximate surface area is 114 Å². The molecule has 0 fully saturated rings. The Balaban J connectivity index is 2.25. The number of rotatable bonds is 0. The minimum atomic E-state index is 1.01. The van der Waals surface area contributed by atoms with Crippen LogP contribution in [0.3, 0.4) is 0 Å². The molecule has 2 aromatic rings. The summed E-state index contributed by atoms with van der Waals surface area (Å²) in [7, 11) is 6.94. The lowest BCUT2D eigenvalue weighted by Crippen LogP contribution is -1.79. The quantitative estimate of drug-likeness (QED) is 0.366. The maximum Gasteiger partial charge on any atom is 0.116 e. The zero-order valence-electron chi connectivity index (χ0n) is 6.27. The monoisotopic (exact) mass is 328 g/mol. The van der Waals surface area contributed by atoms with Crippen molar-refractivity contribution < 1.29 is 0 Å². The molecular formula is C6S8. The lowest BCUT2D eigenvalue weighted by molar-refractivity contribution is 1.29. The molecule has 0 amide bonds. The largest absolute Gasteiger partial charge is 0.116 e. The molecule has 0 N–H and O–H groups in total. The fourth-order valence-corrected chi connectivity index (χ4v) is 10.8. The van der Waals surface area contributed by atoms with Crippen molar-refractivity contribution in [2.45, 2.75) is 18.2 Å². The van der Waals surface area contributed by atoms with Gasteiger partial charge >= 0.3 is 0 Å². The van der Waals surface area contributed by atoms with Crippen LogP contribution in [0.4, 0.5) is 0 Å². The standard InChI is InChI=1S/C6S8/c7-3-1-5(13-11-3)10-6-2(9-1)4(8)12-14-6. The van der Waals surface area contributed by atoms with Gasteiger partial charge in [-0.05, 0) is 0 Å². The maximum absolute atomic E-state index is 5.29. The molecule has 0 aromatic carbocycles. The Kier molecular flexibility index (Phi) is 2.91. The molecule has 2 aromatic heterocycles. The van der Waals surface area contributed by atoms with Gasteiger partial charge in [0.2, 0.25) is 0 Å². The molecule has 0 spiro atoms. The van der Waals surface area contributed by atoms with E-state index < -0.39 is 0 Å². The molecule has 1 aliphatic rings. The molecule has 0 bridgehead atoms. The van der Waals surface area contributed by atoms with Crippen molar-refractivity contribution >= 4 is 89.3 Å². The summed E-state index contributed by atoms with van der Waals surface area (Å²) in [5.41, 5.74) is 0. The normalized spacial score (nSPS) is 13.7. The van der Waals surface area contributed by atoms with Crippen molar-refractivity contribution in [1.29, 1.82) is 0 Å². The first-order valence-electron chi connectivity index (χ1n) is 3.37. The first-order chi connectivity index (χ1) is 6.75. The molecule has 0 nitrogen and oxygen atoms in total. The Bertz CT molecular complexity index is 540. The highest BCUT2D eigenvalue weighted by Crippen LogP contribution is 2.56. The lowest BCUT2D eigenvalue weighted by Gasteiger charge is -2.07. The molecule has 0 aliphatic carbocycles. The van der Waals surface area contributed by atoms with Gasteiger partial charge in [0.25, 0.3) is 0 Å². The molecule has 0 radical (unpaired) electrons. The van der Waals surface area contributed by atoms with Gasteiger partial charge in [-0.2, -0.15) is 0 Å². The maximum atomic E-state index is 5.29. The van der Waals surface area contributed by atoms with Gasteiger partial charge in [0.15, 0.2) is 0 Å². The minimum absolute atomic E-state index is 1.01. The Morgan fingerprint density at radius 3 is 1.64 bits per heavy atom. The average Bonchev–Trinajstić information content (AvgIpc) is 2.71. The smallest absolute Gasteiger partial charge is 0.0810 e. The molecule has 1 aliphatic heterocycles. The second-order valence-corrected chi connectivity index (χ2v) is 10.5. The highest BCUT2D eigenvalue weighted by atomic mass is 32.9. The summed E-state index contributed by atoms with van der Waals surface area (Å²) in [6, 6.07) is 0. The third-order valence-electron chi connectivity index (χ3n) is 1.52. The molecule has 0 atom stereocenters. The third-order valence-corrected chi connectivity index (χ3v) is 11.8. The summed E-state index contributed by atoms with van der Waals surface area (Å²) < 4.78 is 4.72. The van der Waals surface area contributed by atoms with E-state index in [1.54, 1.807) is 53.1 Å². The summed E-state index contributed by atoms with van der Waals surface area (Å²) in [6.45, 7) is 0. The van der Waals surface area contributed by atoms with Crippen molar-refractivity contribution in [3.63, 3.8) is 0 Å². The second-order valence-electron chi connectivity index (χ2n) is 2.35. The molecule has 8 heteroatoms. The third kappa shape index (κ3) is 1.60. The van der Waals surface area contributed by atoms with Crippen molar-refractivity contribution in [3.05, 3.63) is 7.65 Å². The van der Waals surface area contributed by atoms with E-state index in [0.717, 1.165) is 7.65 Å². The van der Waals surface area contributed by atoms with E-state index in [1.807, 2.05) is 11.8 Å². The van der Waals surface area contributed by atoms with Crippen molar-refractivity contribution in [3.8, 4) is 0 Å². The molecule has 14 heavy (non-hydrogen) atoms. The number of hydrogen-bond donors (Lipinski definition) is 0. The van der Waals surface area contributed by atoms with Crippen LogP contribution in [0.5, 0.6) is 0 Å². The molecule has 0 saturated carbocycles. The van der Waals surface area contributed by atoms with E-state index in [9.17, 15) is 0 Å². The van der Waals surface area contributed by atoms with Gasteiger partial charge in [-0.1, -0.05) is 89.3 Å². The summed E-state index contributed by atoms with van der Waals surface area (Å²) in [5.74, 6) is 0. The zero-order valence-corrected chi connectivity index (χ0v) is 12.8. The summed E-state index contributed by atoms with van der Waals surface area (Å²) in [5, 5.41) is 0. The van der Waals surface area contributed by atoms with E-state index in [0.29, 0.717) is 0 Å². The van der Waals surface area contributed by atoms with E-state index in [1.165, 1.54) is 18.2 Å². The Morgan fingerprint density at radius 1 is 0.643 bits per heavy atom. The van der Waals surface area contributed by atoms with Crippen LogP contribution >= 0.6 is 89.3 Å². The fourth-order valence-electron chi connectivity index (χ4n) is 0.949. The van der Waals surface area contributed by atoms with E-state index in [2.05, 4.69) is 0 Å². The highest BCUT2D eigenvalue weighted by molar-refractivity contribution is 8.10. The predicted octanol–water partition coefficient (Wildman–Crippen LogP) is 6.01. The van der Waals surface area contributed by atoms with Gasteiger partial charge in [-0.3, -0.25) is 0 Å². The van der Waals surface area contributed by atoms with E-state index in [-0.39, 0.29) is 0 Å². The fraction of sp³-hybridized carbons (Fsp3) is 0. The van der Waals surface area contributed by atoms with Crippen LogP contribution in [0.15, 0.2) is 18.2 Å². The minimum Gasteiger partial charge on any atom is -0.0810 e. The van der Waals surface area contributed by atoms with Gasteiger partial charge in [-0.25, -0.2) is 0 Å². The van der Waals surface area contributed by atoms with Crippen LogP contribution in [0, 0.1) is 7.65 Å². The van der Waals surface area contributed by atoms with Crippen molar-refractivity contribution in [1.82, 2.24) is 0 Å². The first-order valence-corrected chi connectivity index (χ1v) is 10.1. The van der Waals surface area contributed by atoms with Crippen molar-refractivity contribution in [2.24, 2.45) is 0 Å².